The minimum Gasteiger partial charge on any atom is -0.445 e. The van der Waals surface area contributed by atoms with Crippen LogP contribution in [0.1, 0.15) is 44.5 Å². The topological polar surface area (TPSA) is 74.6 Å². The van der Waals surface area contributed by atoms with E-state index in [1.807, 2.05) is 84.3 Å². The van der Waals surface area contributed by atoms with E-state index in [0.717, 1.165) is 22.3 Å². The predicted octanol–water partition coefficient (Wildman–Crippen LogP) is 3.67. The zero-order valence-corrected chi connectivity index (χ0v) is 18.6. The van der Waals surface area contributed by atoms with Gasteiger partial charge >= 0.3 is 13.2 Å². The van der Waals surface area contributed by atoms with Gasteiger partial charge in [-0.25, -0.2) is 4.79 Å². The highest BCUT2D eigenvalue weighted by molar-refractivity contribution is 6.56. The van der Waals surface area contributed by atoms with E-state index in [-0.39, 0.29) is 13.2 Å². The Morgan fingerprint density at radius 3 is 2.40 bits per heavy atom. The Bertz CT molecular complexity index is 906. The Hall–Kier alpha value is -2.58. The summed E-state index contributed by atoms with van der Waals surface area (Å²) in [4.78, 5) is 12.3. The molecule has 160 valence electrons. The van der Waals surface area contributed by atoms with Gasteiger partial charge in [-0.1, -0.05) is 36.4 Å². The molecule has 1 aromatic heterocycles. The van der Waals surface area contributed by atoms with Gasteiger partial charge in [0.05, 0.1) is 16.9 Å². The standard InChI is InChI=1S/C22H30BN3O4/c1-16-18(14-26(6)25-16)12-19(23-29-21(2,3)22(4,5)30-23)13-24-20(27)28-15-17-10-8-7-9-11-17/h7-12,14H,13,15H2,1-6H3,(H,24,27). The van der Waals surface area contributed by atoms with Crippen LogP contribution < -0.4 is 5.32 Å². The molecule has 1 aliphatic rings. The minimum absolute atomic E-state index is 0.212. The Morgan fingerprint density at radius 1 is 1.20 bits per heavy atom. The molecule has 7 nitrogen and oxygen atoms in total. The molecule has 0 unspecified atom stereocenters. The molecule has 0 spiro atoms. The first-order valence-corrected chi connectivity index (χ1v) is 10.1. The number of hydrogen-bond donors (Lipinski definition) is 1. The van der Waals surface area contributed by atoms with Gasteiger partial charge in [-0.2, -0.15) is 5.10 Å². The molecule has 1 N–H and O–H groups in total. The van der Waals surface area contributed by atoms with E-state index in [4.69, 9.17) is 14.0 Å². The molecule has 0 aliphatic carbocycles. The van der Waals surface area contributed by atoms with Crippen molar-refractivity contribution in [2.75, 3.05) is 6.54 Å². The van der Waals surface area contributed by atoms with Crippen molar-refractivity contribution in [1.29, 1.82) is 0 Å². The Labute approximate surface area is 178 Å². The summed E-state index contributed by atoms with van der Waals surface area (Å²) >= 11 is 0. The van der Waals surface area contributed by atoms with Crippen LogP contribution in [-0.2, 0) is 27.7 Å². The molecule has 2 aromatic rings. The highest BCUT2D eigenvalue weighted by Gasteiger charge is 2.52. The summed E-state index contributed by atoms with van der Waals surface area (Å²) in [6.45, 7) is 10.4. The summed E-state index contributed by atoms with van der Waals surface area (Å²) in [6, 6.07) is 9.56. The number of nitrogens with zero attached hydrogens (tertiary/aromatic N) is 2. The van der Waals surface area contributed by atoms with Crippen molar-refractivity contribution in [2.45, 2.75) is 52.4 Å². The van der Waals surface area contributed by atoms with Gasteiger partial charge in [-0.3, -0.25) is 4.68 Å². The highest BCUT2D eigenvalue weighted by atomic mass is 16.7. The second-order valence-corrected chi connectivity index (χ2v) is 8.57. The Kier molecular flexibility index (Phi) is 6.38. The third-order valence-electron chi connectivity index (χ3n) is 5.60. The fourth-order valence-corrected chi connectivity index (χ4v) is 3.10. The molecule has 1 fully saturated rings. The summed E-state index contributed by atoms with van der Waals surface area (Å²) in [6.07, 6.45) is 3.39. The van der Waals surface area contributed by atoms with Gasteiger partial charge in [0, 0.05) is 25.4 Å². The normalized spacial score (nSPS) is 17.8. The lowest BCUT2D eigenvalue weighted by Crippen LogP contribution is -2.41. The monoisotopic (exact) mass is 411 g/mol. The van der Waals surface area contributed by atoms with Gasteiger partial charge in [-0.05, 0) is 45.7 Å². The number of carbonyl (C=O) groups excluding carboxylic acids is 1. The molecule has 1 amide bonds. The van der Waals surface area contributed by atoms with Crippen molar-refractivity contribution in [1.82, 2.24) is 15.1 Å². The van der Waals surface area contributed by atoms with Crippen molar-refractivity contribution in [2.24, 2.45) is 7.05 Å². The molecule has 1 aliphatic heterocycles. The number of rotatable bonds is 6. The van der Waals surface area contributed by atoms with Crippen molar-refractivity contribution >= 4 is 19.3 Å². The number of alkyl carbamates (subject to hydrolysis) is 1. The van der Waals surface area contributed by atoms with Crippen LogP contribution in [0.3, 0.4) is 0 Å². The molecule has 1 saturated heterocycles. The third kappa shape index (κ3) is 5.12. The molecular weight excluding hydrogens is 381 g/mol. The zero-order chi connectivity index (χ0) is 21.9. The molecule has 0 saturated carbocycles. The van der Waals surface area contributed by atoms with E-state index in [9.17, 15) is 4.79 Å². The van der Waals surface area contributed by atoms with Crippen LogP contribution in [0.25, 0.3) is 6.08 Å². The molecule has 30 heavy (non-hydrogen) atoms. The second-order valence-electron chi connectivity index (χ2n) is 8.57. The van der Waals surface area contributed by atoms with Gasteiger partial charge in [0.1, 0.15) is 6.61 Å². The van der Waals surface area contributed by atoms with E-state index < -0.39 is 24.4 Å². The Balaban J connectivity index is 1.72. The fourth-order valence-electron chi connectivity index (χ4n) is 3.10. The molecule has 0 radical (unpaired) electrons. The van der Waals surface area contributed by atoms with Gasteiger partial charge in [0.2, 0.25) is 0 Å². The van der Waals surface area contributed by atoms with Gasteiger partial charge < -0.3 is 19.4 Å². The van der Waals surface area contributed by atoms with Crippen molar-refractivity contribution in [3.05, 3.63) is 58.8 Å². The average Bonchev–Trinajstić information content (AvgIpc) is 3.10. The van der Waals surface area contributed by atoms with E-state index in [2.05, 4.69) is 10.4 Å². The number of benzene rings is 1. The smallest absolute Gasteiger partial charge is 0.445 e. The first kappa shape index (κ1) is 22.1. The van der Waals surface area contributed by atoms with E-state index in [1.54, 1.807) is 4.68 Å². The molecular formula is C22H30BN3O4. The fraction of sp³-hybridized carbons (Fsp3) is 0.455. The molecule has 0 bridgehead atoms. The summed E-state index contributed by atoms with van der Waals surface area (Å²) in [5, 5.41) is 7.20. The Morgan fingerprint density at radius 2 is 1.83 bits per heavy atom. The largest absolute Gasteiger partial charge is 0.492 e. The predicted molar refractivity (Wildman–Crippen MR) is 117 cm³/mol. The maximum absolute atomic E-state index is 12.3. The number of amides is 1. The molecule has 2 heterocycles. The van der Waals surface area contributed by atoms with Crippen molar-refractivity contribution < 1.29 is 18.8 Å². The second kappa shape index (κ2) is 8.66. The summed E-state index contributed by atoms with van der Waals surface area (Å²) < 4.78 is 19.5. The summed E-state index contributed by atoms with van der Waals surface area (Å²) in [7, 11) is 1.29. The maximum atomic E-state index is 12.3. The molecule has 1 aromatic carbocycles. The van der Waals surface area contributed by atoms with E-state index in [1.165, 1.54) is 0 Å². The first-order valence-electron chi connectivity index (χ1n) is 10.1. The summed E-state index contributed by atoms with van der Waals surface area (Å²) in [5.41, 5.74) is 2.60. The van der Waals surface area contributed by atoms with Crippen LogP contribution in [0.5, 0.6) is 0 Å². The maximum Gasteiger partial charge on any atom is 0.492 e. The van der Waals surface area contributed by atoms with Crippen LogP contribution in [0, 0.1) is 6.92 Å². The number of carbonyl (C=O) groups is 1. The summed E-state index contributed by atoms with van der Waals surface area (Å²) in [5.74, 6) is 0. The molecule has 3 rings (SSSR count). The van der Waals surface area contributed by atoms with Gasteiger partial charge in [0.15, 0.2) is 0 Å². The lowest BCUT2D eigenvalue weighted by atomic mass is 9.77. The zero-order valence-electron chi connectivity index (χ0n) is 18.6. The van der Waals surface area contributed by atoms with Crippen LogP contribution in [0.15, 0.2) is 42.0 Å². The van der Waals surface area contributed by atoms with E-state index in [0.29, 0.717) is 0 Å². The molecule has 0 atom stereocenters. The number of nitrogens with one attached hydrogen (secondary N) is 1. The van der Waals surface area contributed by atoms with Gasteiger partial charge in [-0.15, -0.1) is 0 Å². The minimum atomic E-state index is -0.580. The lowest BCUT2D eigenvalue weighted by Gasteiger charge is -2.32. The van der Waals surface area contributed by atoms with Crippen LogP contribution in [0.4, 0.5) is 4.79 Å². The highest BCUT2D eigenvalue weighted by Crippen LogP contribution is 2.38. The van der Waals surface area contributed by atoms with Crippen LogP contribution in [-0.4, -0.2) is 40.7 Å². The van der Waals surface area contributed by atoms with E-state index >= 15 is 0 Å². The number of aromatic nitrogens is 2. The SMILES string of the molecule is Cc1nn(C)cc1C=C(CNC(=O)OCc1ccccc1)B1OC(C)(C)C(C)(C)O1. The van der Waals surface area contributed by atoms with Crippen LogP contribution >= 0.6 is 0 Å². The van der Waals surface area contributed by atoms with Crippen LogP contribution in [0.2, 0.25) is 0 Å². The number of aryl methyl sites for hydroxylation is 2. The number of hydrogen-bond acceptors (Lipinski definition) is 5. The molecule has 8 heteroatoms. The average molecular weight is 411 g/mol. The van der Waals surface area contributed by atoms with Crippen molar-refractivity contribution in [3.8, 4) is 0 Å². The first-order chi connectivity index (χ1) is 14.1. The van der Waals surface area contributed by atoms with Gasteiger partial charge in [0.25, 0.3) is 0 Å². The quantitative estimate of drug-likeness (QED) is 0.735. The third-order valence-corrected chi connectivity index (χ3v) is 5.60. The van der Waals surface area contributed by atoms with Crippen molar-refractivity contribution in [3.63, 3.8) is 0 Å². The number of ether oxygens (including phenoxy) is 1. The lowest BCUT2D eigenvalue weighted by molar-refractivity contribution is 0.00578.